The van der Waals surface area contributed by atoms with Gasteiger partial charge in [0.15, 0.2) is 0 Å². The van der Waals surface area contributed by atoms with Crippen molar-refractivity contribution in [2.75, 3.05) is 26.3 Å². The standard InChI is InChI=1S/C8H17NO3/c1-3-5-9(4-2)8(11)12-7-6-10/h10H,3-7H2,1-2H3. The quantitative estimate of drug-likeness (QED) is 0.673. The summed E-state index contributed by atoms with van der Waals surface area (Å²) in [5, 5.41) is 8.40. The number of carbonyl (C=O) groups excluding carboxylic acids is 1. The molecule has 0 heterocycles. The number of hydrogen-bond acceptors (Lipinski definition) is 3. The maximum absolute atomic E-state index is 11.1. The average molecular weight is 175 g/mol. The highest BCUT2D eigenvalue weighted by molar-refractivity contribution is 5.67. The first-order chi connectivity index (χ1) is 5.76. The Balaban J connectivity index is 3.69. The second kappa shape index (κ2) is 6.91. The van der Waals surface area contributed by atoms with Gasteiger partial charge in [-0.3, -0.25) is 0 Å². The highest BCUT2D eigenvalue weighted by atomic mass is 16.6. The molecule has 0 saturated carbocycles. The Bertz CT molecular complexity index is 127. The number of ether oxygens (including phenoxy) is 1. The lowest BCUT2D eigenvalue weighted by Crippen LogP contribution is -2.32. The van der Waals surface area contributed by atoms with Crippen LogP contribution in [0.5, 0.6) is 0 Å². The fraction of sp³-hybridized carbons (Fsp3) is 0.875. The van der Waals surface area contributed by atoms with E-state index < -0.39 is 0 Å². The van der Waals surface area contributed by atoms with Gasteiger partial charge in [-0.25, -0.2) is 4.79 Å². The number of aliphatic hydroxyl groups is 1. The fourth-order valence-electron chi connectivity index (χ4n) is 0.873. The highest BCUT2D eigenvalue weighted by Crippen LogP contribution is 1.95. The molecule has 0 saturated heterocycles. The Morgan fingerprint density at radius 2 is 2.17 bits per heavy atom. The number of carbonyl (C=O) groups is 1. The zero-order chi connectivity index (χ0) is 9.40. The first-order valence-corrected chi connectivity index (χ1v) is 4.28. The first kappa shape index (κ1) is 11.2. The SMILES string of the molecule is CCCN(CC)C(=O)OCCO. The van der Waals surface area contributed by atoms with Gasteiger partial charge < -0.3 is 14.7 Å². The Morgan fingerprint density at radius 1 is 1.50 bits per heavy atom. The molecule has 0 aliphatic heterocycles. The Labute approximate surface area is 73.1 Å². The Kier molecular flexibility index (Phi) is 6.47. The fourth-order valence-corrected chi connectivity index (χ4v) is 0.873. The number of hydrogen-bond donors (Lipinski definition) is 1. The smallest absolute Gasteiger partial charge is 0.409 e. The van der Waals surface area contributed by atoms with E-state index in [1.807, 2.05) is 13.8 Å². The van der Waals surface area contributed by atoms with Crippen LogP contribution in [0.1, 0.15) is 20.3 Å². The molecule has 0 unspecified atom stereocenters. The minimum absolute atomic E-state index is 0.0824. The maximum Gasteiger partial charge on any atom is 0.409 e. The molecule has 0 aliphatic carbocycles. The third kappa shape index (κ3) is 4.18. The lowest BCUT2D eigenvalue weighted by atomic mass is 10.4. The van der Waals surface area contributed by atoms with E-state index in [0.717, 1.165) is 6.42 Å². The van der Waals surface area contributed by atoms with Crippen LogP contribution in [-0.4, -0.2) is 42.4 Å². The summed E-state index contributed by atoms with van der Waals surface area (Å²) in [5.74, 6) is 0. The Morgan fingerprint density at radius 3 is 2.58 bits per heavy atom. The van der Waals surface area contributed by atoms with Crippen molar-refractivity contribution >= 4 is 6.09 Å². The second-order valence-electron chi connectivity index (χ2n) is 2.42. The zero-order valence-corrected chi connectivity index (χ0v) is 7.75. The number of rotatable bonds is 5. The van der Waals surface area contributed by atoms with Crippen LogP contribution >= 0.6 is 0 Å². The van der Waals surface area contributed by atoms with Crippen molar-refractivity contribution in [3.8, 4) is 0 Å². The first-order valence-electron chi connectivity index (χ1n) is 4.28. The van der Waals surface area contributed by atoms with E-state index in [1.54, 1.807) is 4.90 Å². The van der Waals surface area contributed by atoms with Gasteiger partial charge >= 0.3 is 6.09 Å². The largest absolute Gasteiger partial charge is 0.447 e. The molecule has 0 rings (SSSR count). The predicted molar refractivity (Wildman–Crippen MR) is 46.0 cm³/mol. The van der Waals surface area contributed by atoms with Gasteiger partial charge in [0.05, 0.1) is 6.61 Å². The molecule has 0 aromatic rings. The van der Waals surface area contributed by atoms with E-state index in [4.69, 9.17) is 9.84 Å². The third-order valence-electron chi connectivity index (χ3n) is 1.45. The summed E-state index contributed by atoms with van der Waals surface area (Å²) >= 11 is 0. The second-order valence-corrected chi connectivity index (χ2v) is 2.42. The van der Waals surface area contributed by atoms with E-state index in [2.05, 4.69) is 0 Å². The molecule has 0 spiro atoms. The minimum Gasteiger partial charge on any atom is -0.447 e. The minimum atomic E-state index is -0.339. The summed E-state index contributed by atoms with van der Waals surface area (Å²) in [6.07, 6.45) is 0.579. The zero-order valence-electron chi connectivity index (χ0n) is 7.75. The van der Waals surface area contributed by atoms with Gasteiger partial charge in [0.1, 0.15) is 6.61 Å². The number of aliphatic hydroxyl groups excluding tert-OH is 1. The van der Waals surface area contributed by atoms with E-state index in [0.29, 0.717) is 13.1 Å². The molecule has 0 aliphatic rings. The molecular weight excluding hydrogens is 158 g/mol. The molecule has 0 atom stereocenters. The van der Waals surface area contributed by atoms with E-state index >= 15 is 0 Å². The van der Waals surface area contributed by atoms with Gasteiger partial charge in [0, 0.05) is 13.1 Å². The van der Waals surface area contributed by atoms with Crippen molar-refractivity contribution < 1.29 is 14.6 Å². The molecule has 72 valence electrons. The van der Waals surface area contributed by atoms with Crippen molar-refractivity contribution in [3.63, 3.8) is 0 Å². The van der Waals surface area contributed by atoms with Crippen molar-refractivity contribution in [3.05, 3.63) is 0 Å². The third-order valence-corrected chi connectivity index (χ3v) is 1.45. The van der Waals surface area contributed by atoms with Crippen molar-refractivity contribution in [2.45, 2.75) is 20.3 Å². The van der Waals surface area contributed by atoms with Crippen LogP contribution in [0.25, 0.3) is 0 Å². The molecule has 0 fully saturated rings. The van der Waals surface area contributed by atoms with Crippen LogP contribution in [0.4, 0.5) is 4.79 Å². The molecule has 1 amide bonds. The molecule has 0 aromatic heterocycles. The summed E-state index contributed by atoms with van der Waals surface area (Å²) < 4.78 is 4.73. The summed E-state index contributed by atoms with van der Waals surface area (Å²) in [5.41, 5.74) is 0. The molecule has 0 aromatic carbocycles. The van der Waals surface area contributed by atoms with Crippen LogP contribution in [0, 0.1) is 0 Å². The molecule has 12 heavy (non-hydrogen) atoms. The lowest BCUT2D eigenvalue weighted by molar-refractivity contribution is 0.0857. The summed E-state index contributed by atoms with van der Waals surface area (Å²) in [6.45, 7) is 5.23. The normalized spacial score (nSPS) is 9.58. The molecule has 4 heteroatoms. The molecule has 1 N–H and O–H groups in total. The van der Waals surface area contributed by atoms with Crippen LogP contribution in [0.15, 0.2) is 0 Å². The van der Waals surface area contributed by atoms with Crippen molar-refractivity contribution in [1.82, 2.24) is 4.90 Å². The Hall–Kier alpha value is -0.770. The van der Waals surface area contributed by atoms with Crippen LogP contribution in [0.2, 0.25) is 0 Å². The lowest BCUT2D eigenvalue weighted by Gasteiger charge is -2.18. The molecule has 0 radical (unpaired) electrons. The number of nitrogens with zero attached hydrogens (tertiary/aromatic N) is 1. The molecule has 4 nitrogen and oxygen atoms in total. The van der Waals surface area contributed by atoms with Crippen molar-refractivity contribution in [1.29, 1.82) is 0 Å². The molecular formula is C8H17NO3. The van der Waals surface area contributed by atoms with E-state index in [1.165, 1.54) is 0 Å². The average Bonchev–Trinajstić information content (AvgIpc) is 2.10. The molecule has 0 bridgehead atoms. The summed E-state index contributed by atoms with van der Waals surface area (Å²) in [4.78, 5) is 12.7. The van der Waals surface area contributed by atoms with Gasteiger partial charge in [0.2, 0.25) is 0 Å². The highest BCUT2D eigenvalue weighted by Gasteiger charge is 2.10. The summed E-state index contributed by atoms with van der Waals surface area (Å²) in [7, 11) is 0. The van der Waals surface area contributed by atoms with Crippen molar-refractivity contribution in [2.24, 2.45) is 0 Å². The van der Waals surface area contributed by atoms with Gasteiger partial charge in [0.25, 0.3) is 0 Å². The van der Waals surface area contributed by atoms with Gasteiger partial charge in [-0.05, 0) is 13.3 Å². The van der Waals surface area contributed by atoms with Gasteiger partial charge in [-0.1, -0.05) is 6.92 Å². The predicted octanol–water partition coefficient (Wildman–Crippen LogP) is 0.847. The van der Waals surface area contributed by atoms with Crippen LogP contribution < -0.4 is 0 Å². The van der Waals surface area contributed by atoms with Gasteiger partial charge in [-0.2, -0.15) is 0 Å². The number of amides is 1. The topological polar surface area (TPSA) is 49.8 Å². The maximum atomic E-state index is 11.1. The van der Waals surface area contributed by atoms with Gasteiger partial charge in [-0.15, -0.1) is 0 Å². The van der Waals surface area contributed by atoms with Crippen LogP contribution in [0.3, 0.4) is 0 Å². The van der Waals surface area contributed by atoms with E-state index in [9.17, 15) is 4.79 Å². The van der Waals surface area contributed by atoms with E-state index in [-0.39, 0.29) is 19.3 Å². The monoisotopic (exact) mass is 175 g/mol. The van der Waals surface area contributed by atoms with Crippen LogP contribution in [-0.2, 0) is 4.74 Å². The summed E-state index contributed by atoms with van der Waals surface area (Å²) in [6, 6.07) is 0.